The first-order chi connectivity index (χ1) is 10.1. The zero-order chi connectivity index (χ0) is 14.8. The molecular formula is C16H23N3O2. The third kappa shape index (κ3) is 3.13. The number of anilines is 3. The second-order valence-electron chi connectivity index (χ2n) is 6.14. The molecule has 5 heteroatoms. The zero-order valence-corrected chi connectivity index (χ0v) is 12.2. The molecule has 1 aliphatic carbocycles. The maximum absolute atomic E-state index is 11.5. The number of nitrogen functional groups attached to an aromatic ring is 1. The fraction of sp³-hybridized carbons (Fsp3) is 0.562. The lowest BCUT2D eigenvalue weighted by molar-refractivity contribution is -0.116. The Bertz CT molecular complexity index is 545. The van der Waals surface area contributed by atoms with E-state index in [1.165, 1.54) is 6.42 Å². The van der Waals surface area contributed by atoms with Gasteiger partial charge >= 0.3 is 0 Å². The SMILES string of the molecule is Nc1cc2c(cc1NCC1CCCCC1O)NC(=O)CC2. The van der Waals surface area contributed by atoms with E-state index in [9.17, 15) is 9.90 Å². The number of aliphatic hydroxyl groups is 1. The molecule has 2 aliphatic rings. The summed E-state index contributed by atoms with van der Waals surface area (Å²) in [7, 11) is 0. The van der Waals surface area contributed by atoms with Crippen molar-refractivity contribution < 1.29 is 9.90 Å². The average molecular weight is 289 g/mol. The van der Waals surface area contributed by atoms with Gasteiger partial charge in [0.25, 0.3) is 0 Å². The van der Waals surface area contributed by atoms with E-state index in [-0.39, 0.29) is 17.9 Å². The first-order valence-electron chi connectivity index (χ1n) is 7.77. The number of carbonyl (C=O) groups is 1. The van der Waals surface area contributed by atoms with Crippen molar-refractivity contribution in [1.29, 1.82) is 0 Å². The van der Waals surface area contributed by atoms with Gasteiger partial charge in [-0.2, -0.15) is 0 Å². The minimum absolute atomic E-state index is 0.0564. The summed E-state index contributed by atoms with van der Waals surface area (Å²) in [6, 6.07) is 3.85. The number of benzene rings is 1. The van der Waals surface area contributed by atoms with Gasteiger partial charge in [-0.15, -0.1) is 0 Å². The molecule has 1 aliphatic heterocycles. The van der Waals surface area contributed by atoms with Crippen LogP contribution in [-0.4, -0.2) is 23.7 Å². The molecule has 0 saturated heterocycles. The lowest BCUT2D eigenvalue weighted by atomic mass is 9.86. The van der Waals surface area contributed by atoms with Gasteiger partial charge in [-0.05, 0) is 37.0 Å². The highest BCUT2D eigenvalue weighted by molar-refractivity contribution is 5.95. The Labute approximate surface area is 124 Å². The van der Waals surface area contributed by atoms with Crippen LogP contribution in [0, 0.1) is 5.92 Å². The van der Waals surface area contributed by atoms with Crippen LogP contribution in [0.3, 0.4) is 0 Å². The van der Waals surface area contributed by atoms with Gasteiger partial charge in [0.05, 0.1) is 17.5 Å². The number of nitrogens with two attached hydrogens (primary N) is 1. The third-order valence-corrected chi connectivity index (χ3v) is 4.59. The van der Waals surface area contributed by atoms with Gasteiger partial charge in [-0.3, -0.25) is 4.79 Å². The highest BCUT2D eigenvalue weighted by Gasteiger charge is 2.23. The van der Waals surface area contributed by atoms with Crippen molar-refractivity contribution in [3.63, 3.8) is 0 Å². The Morgan fingerprint density at radius 2 is 2.10 bits per heavy atom. The van der Waals surface area contributed by atoms with E-state index in [1.54, 1.807) is 0 Å². The van der Waals surface area contributed by atoms with Crippen LogP contribution in [0.5, 0.6) is 0 Å². The van der Waals surface area contributed by atoms with E-state index in [1.807, 2.05) is 12.1 Å². The Morgan fingerprint density at radius 1 is 1.29 bits per heavy atom. The van der Waals surface area contributed by atoms with Crippen molar-refractivity contribution in [3.05, 3.63) is 17.7 Å². The second-order valence-corrected chi connectivity index (χ2v) is 6.14. The molecule has 2 atom stereocenters. The van der Waals surface area contributed by atoms with E-state index >= 15 is 0 Å². The van der Waals surface area contributed by atoms with Crippen molar-refractivity contribution in [2.24, 2.45) is 5.92 Å². The van der Waals surface area contributed by atoms with Crippen molar-refractivity contribution in [2.45, 2.75) is 44.6 Å². The van der Waals surface area contributed by atoms with Crippen LogP contribution < -0.4 is 16.4 Å². The topological polar surface area (TPSA) is 87.4 Å². The highest BCUT2D eigenvalue weighted by Crippen LogP contribution is 2.32. The number of hydrogen-bond donors (Lipinski definition) is 4. The summed E-state index contributed by atoms with van der Waals surface area (Å²) < 4.78 is 0. The largest absolute Gasteiger partial charge is 0.397 e. The number of fused-ring (bicyclic) bond motifs is 1. The molecule has 1 amide bonds. The van der Waals surface area contributed by atoms with Crippen molar-refractivity contribution in [3.8, 4) is 0 Å². The van der Waals surface area contributed by atoms with E-state index in [4.69, 9.17) is 5.73 Å². The van der Waals surface area contributed by atoms with E-state index in [0.717, 1.165) is 49.2 Å². The third-order valence-electron chi connectivity index (χ3n) is 4.59. The number of carbonyl (C=O) groups excluding carboxylic acids is 1. The summed E-state index contributed by atoms with van der Waals surface area (Å²) in [5.41, 5.74) is 9.58. The summed E-state index contributed by atoms with van der Waals surface area (Å²) in [4.78, 5) is 11.5. The summed E-state index contributed by atoms with van der Waals surface area (Å²) >= 11 is 0. The molecule has 0 bridgehead atoms. The minimum Gasteiger partial charge on any atom is -0.397 e. The number of amides is 1. The van der Waals surface area contributed by atoms with Crippen LogP contribution in [0.25, 0.3) is 0 Å². The number of rotatable bonds is 3. The molecule has 114 valence electrons. The highest BCUT2D eigenvalue weighted by atomic mass is 16.3. The Balaban J connectivity index is 1.70. The Morgan fingerprint density at radius 3 is 2.90 bits per heavy atom. The number of aryl methyl sites for hydroxylation is 1. The molecule has 1 heterocycles. The van der Waals surface area contributed by atoms with Crippen LogP contribution >= 0.6 is 0 Å². The lowest BCUT2D eigenvalue weighted by Crippen LogP contribution is -2.30. The predicted molar refractivity (Wildman–Crippen MR) is 84.3 cm³/mol. The van der Waals surface area contributed by atoms with E-state index in [2.05, 4.69) is 10.6 Å². The van der Waals surface area contributed by atoms with Gasteiger partial charge < -0.3 is 21.5 Å². The first-order valence-corrected chi connectivity index (χ1v) is 7.77. The summed E-state index contributed by atoms with van der Waals surface area (Å²) in [6.45, 7) is 0.720. The van der Waals surface area contributed by atoms with Gasteiger partial charge in [0.2, 0.25) is 5.91 Å². The Kier molecular flexibility index (Phi) is 4.01. The minimum atomic E-state index is -0.218. The molecule has 21 heavy (non-hydrogen) atoms. The fourth-order valence-corrected chi connectivity index (χ4v) is 3.27. The standard InChI is InChI=1S/C16H23N3O2/c17-12-7-10-5-6-16(21)19-13(10)8-14(12)18-9-11-3-1-2-4-15(11)20/h7-8,11,15,18,20H,1-6,9,17H2,(H,19,21). The summed E-state index contributed by atoms with van der Waals surface area (Å²) in [5, 5.41) is 16.2. The molecule has 5 N–H and O–H groups in total. The summed E-state index contributed by atoms with van der Waals surface area (Å²) in [5.74, 6) is 0.338. The number of hydrogen-bond acceptors (Lipinski definition) is 4. The Hall–Kier alpha value is -1.75. The van der Waals surface area contributed by atoms with Gasteiger partial charge in [-0.1, -0.05) is 12.8 Å². The van der Waals surface area contributed by atoms with Gasteiger partial charge in [0, 0.05) is 24.6 Å². The van der Waals surface area contributed by atoms with Crippen molar-refractivity contribution in [2.75, 3.05) is 22.9 Å². The molecule has 3 rings (SSSR count). The van der Waals surface area contributed by atoms with Crippen LogP contribution in [0.1, 0.15) is 37.7 Å². The zero-order valence-electron chi connectivity index (χ0n) is 12.2. The molecular weight excluding hydrogens is 266 g/mol. The summed E-state index contributed by atoms with van der Waals surface area (Å²) in [6.07, 6.45) is 5.28. The smallest absolute Gasteiger partial charge is 0.224 e. The maximum Gasteiger partial charge on any atom is 0.224 e. The van der Waals surface area contributed by atoms with Crippen molar-refractivity contribution in [1.82, 2.24) is 0 Å². The fourth-order valence-electron chi connectivity index (χ4n) is 3.27. The molecule has 2 unspecified atom stereocenters. The van der Waals surface area contributed by atoms with E-state index < -0.39 is 0 Å². The second kappa shape index (κ2) is 5.93. The van der Waals surface area contributed by atoms with Crippen LogP contribution in [-0.2, 0) is 11.2 Å². The van der Waals surface area contributed by atoms with Crippen molar-refractivity contribution >= 4 is 23.0 Å². The first kappa shape index (κ1) is 14.2. The molecule has 1 aromatic carbocycles. The van der Waals surface area contributed by atoms with Gasteiger partial charge in [0.1, 0.15) is 0 Å². The molecule has 5 nitrogen and oxygen atoms in total. The number of aliphatic hydroxyl groups excluding tert-OH is 1. The molecule has 0 aromatic heterocycles. The van der Waals surface area contributed by atoms with Gasteiger partial charge in [0.15, 0.2) is 0 Å². The maximum atomic E-state index is 11.5. The normalized spacial score (nSPS) is 25.1. The molecule has 1 saturated carbocycles. The van der Waals surface area contributed by atoms with E-state index in [0.29, 0.717) is 12.1 Å². The molecule has 1 fully saturated rings. The van der Waals surface area contributed by atoms with Crippen LogP contribution in [0.2, 0.25) is 0 Å². The molecule has 0 spiro atoms. The monoisotopic (exact) mass is 289 g/mol. The number of nitrogens with one attached hydrogen (secondary N) is 2. The predicted octanol–water partition coefficient (Wildman–Crippen LogP) is 2.12. The quantitative estimate of drug-likeness (QED) is 0.642. The van der Waals surface area contributed by atoms with Crippen LogP contribution in [0.15, 0.2) is 12.1 Å². The lowest BCUT2D eigenvalue weighted by Gasteiger charge is -2.28. The molecule has 0 radical (unpaired) electrons. The molecule has 1 aromatic rings. The average Bonchev–Trinajstić information content (AvgIpc) is 2.47. The van der Waals surface area contributed by atoms with Crippen LogP contribution in [0.4, 0.5) is 17.1 Å². The van der Waals surface area contributed by atoms with Gasteiger partial charge in [-0.25, -0.2) is 0 Å².